The Morgan fingerprint density at radius 3 is 2.45 bits per heavy atom. The van der Waals surface area contributed by atoms with Crippen LogP contribution in [0.25, 0.3) is 0 Å². The van der Waals surface area contributed by atoms with Crippen LogP contribution in [0.3, 0.4) is 0 Å². The molecule has 6 nitrogen and oxygen atoms in total. The molecule has 0 saturated carbocycles. The van der Waals surface area contributed by atoms with E-state index in [4.69, 9.17) is 21.1 Å². The van der Waals surface area contributed by atoms with E-state index in [1.54, 1.807) is 0 Å². The average molecular weight is 457 g/mol. The van der Waals surface area contributed by atoms with E-state index in [9.17, 15) is 27.2 Å². The Kier molecular flexibility index (Phi) is 6.21. The molecule has 3 aromatic rings. The van der Waals surface area contributed by atoms with E-state index in [0.29, 0.717) is 6.07 Å². The van der Waals surface area contributed by atoms with Crippen molar-refractivity contribution in [3.8, 4) is 17.2 Å². The fourth-order valence-corrected chi connectivity index (χ4v) is 2.87. The number of nitrogens with one attached hydrogen (secondary N) is 2. The maximum Gasteiger partial charge on any atom is 0.417 e. The van der Waals surface area contributed by atoms with E-state index in [1.807, 2.05) is 0 Å². The van der Waals surface area contributed by atoms with E-state index in [-0.39, 0.29) is 22.7 Å². The van der Waals surface area contributed by atoms with Crippen LogP contribution in [0, 0.1) is 5.82 Å². The molecular weight excluding hydrogens is 444 g/mol. The smallest absolute Gasteiger partial charge is 0.417 e. The van der Waals surface area contributed by atoms with Crippen LogP contribution in [0.2, 0.25) is 5.02 Å². The summed E-state index contributed by atoms with van der Waals surface area (Å²) in [7, 11) is 1.21. The van der Waals surface area contributed by atoms with Crippen molar-refractivity contribution in [1.82, 2.24) is 4.98 Å². The van der Waals surface area contributed by atoms with Crippen molar-refractivity contribution in [2.75, 3.05) is 12.4 Å². The third kappa shape index (κ3) is 5.15. The number of alkyl halides is 3. The van der Waals surface area contributed by atoms with Crippen molar-refractivity contribution < 1.29 is 31.8 Å². The number of carbonyl (C=O) groups excluding carboxylic acids is 1. The monoisotopic (exact) mass is 456 g/mol. The molecule has 2 N–H and O–H groups in total. The summed E-state index contributed by atoms with van der Waals surface area (Å²) in [6.45, 7) is 0. The minimum absolute atomic E-state index is 0.0927. The minimum atomic E-state index is -4.83. The topological polar surface area (TPSA) is 80.4 Å². The van der Waals surface area contributed by atoms with Gasteiger partial charge in [0.25, 0.3) is 5.91 Å². The molecule has 3 rings (SSSR count). The van der Waals surface area contributed by atoms with Gasteiger partial charge >= 0.3 is 6.18 Å². The number of benzene rings is 2. The van der Waals surface area contributed by atoms with Gasteiger partial charge in [-0.1, -0.05) is 11.6 Å². The molecule has 0 radical (unpaired) electrons. The first-order valence-electron chi connectivity index (χ1n) is 8.50. The second kappa shape index (κ2) is 8.68. The normalized spacial score (nSPS) is 11.2. The molecule has 0 aliphatic rings. The van der Waals surface area contributed by atoms with Crippen LogP contribution in [0.1, 0.15) is 15.9 Å². The van der Waals surface area contributed by atoms with Crippen LogP contribution in [0.4, 0.5) is 23.2 Å². The Hall–Kier alpha value is -3.53. The van der Waals surface area contributed by atoms with E-state index in [1.165, 1.54) is 19.4 Å². The van der Waals surface area contributed by atoms with E-state index >= 15 is 0 Å². The standard InChI is InChI=1S/C20H13ClF4N2O4/c1-30-17-6-10(22)2-3-15(17)31-16-9-13(20(23,24)25)14(21)8-12(16)19(29)27-11-4-5-26-18(28)7-11/h2-9H,1H3,(H2,26,27,28,29). The number of aromatic amines is 1. The fraction of sp³-hybridized carbons (Fsp3) is 0.100. The molecule has 11 heteroatoms. The molecule has 0 spiro atoms. The van der Waals surface area contributed by atoms with Crippen LogP contribution in [0.5, 0.6) is 17.2 Å². The van der Waals surface area contributed by atoms with Crippen molar-refractivity contribution in [3.05, 3.63) is 81.0 Å². The second-order valence-electron chi connectivity index (χ2n) is 6.12. The summed E-state index contributed by atoms with van der Waals surface area (Å²) in [5.74, 6) is -2.31. The van der Waals surface area contributed by atoms with E-state index in [2.05, 4.69) is 10.3 Å². The van der Waals surface area contributed by atoms with Gasteiger partial charge in [0.2, 0.25) is 5.56 Å². The van der Waals surface area contributed by atoms with Crippen molar-refractivity contribution in [2.45, 2.75) is 6.18 Å². The predicted molar refractivity (Wildman–Crippen MR) is 104 cm³/mol. The van der Waals surface area contributed by atoms with Gasteiger partial charge in [0.1, 0.15) is 11.6 Å². The lowest BCUT2D eigenvalue weighted by molar-refractivity contribution is -0.137. The van der Waals surface area contributed by atoms with Crippen molar-refractivity contribution in [3.63, 3.8) is 0 Å². The molecule has 2 aromatic carbocycles. The number of hydrogen-bond acceptors (Lipinski definition) is 4. The molecule has 1 amide bonds. The number of carbonyl (C=O) groups is 1. The maximum atomic E-state index is 13.4. The molecule has 31 heavy (non-hydrogen) atoms. The number of anilines is 1. The molecular formula is C20H13ClF4N2O4. The van der Waals surface area contributed by atoms with Gasteiger partial charge in [-0.25, -0.2) is 4.39 Å². The van der Waals surface area contributed by atoms with Gasteiger partial charge in [0, 0.05) is 24.0 Å². The number of rotatable bonds is 5. The minimum Gasteiger partial charge on any atom is -0.493 e. The number of methoxy groups -OCH3 is 1. The fourth-order valence-electron chi connectivity index (χ4n) is 2.60. The molecule has 1 aromatic heterocycles. The lowest BCUT2D eigenvalue weighted by Gasteiger charge is -2.17. The third-order valence-corrected chi connectivity index (χ3v) is 4.31. The number of H-pyrrole nitrogens is 1. The largest absolute Gasteiger partial charge is 0.493 e. The number of halogens is 5. The average Bonchev–Trinajstić information content (AvgIpc) is 2.69. The van der Waals surface area contributed by atoms with Crippen LogP contribution < -0.4 is 20.3 Å². The molecule has 0 aliphatic carbocycles. The van der Waals surface area contributed by atoms with E-state index < -0.39 is 39.8 Å². The molecule has 0 bridgehead atoms. The highest BCUT2D eigenvalue weighted by molar-refractivity contribution is 6.32. The molecule has 1 heterocycles. The lowest BCUT2D eigenvalue weighted by atomic mass is 10.1. The van der Waals surface area contributed by atoms with Crippen LogP contribution in [0.15, 0.2) is 53.5 Å². The number of amides is 1. The molecule has 0 unspecified atom stereocenters. The Bertz CT molecular complexity index is 1190. The first kappa shape index (κ1) is 22.2. The predicted octanol–water partition coefficient (Wildman–Crippen LogP) is 5.24. The van der Waals surface area contributed by atoms with Gasteiger partial charge in [-0.2, -0.15) is 13.2 Å². The summed E-state index contributed by atoms with van der Waals surface area (Å²) in [4.78, 5) is 26.5. The third-order valence-electron chi connectivity index (χ3n) is 4.00. The van der Waals surface area contributed by atoms with Gasteiger partial charge in [0.05, 0.1) is 23.3 Å². The highest BCUT2D eigenvalue weighted by atomic mass is 35.5. The van der Waals surface area contributed by atoms with Crippen LogP contribution in [-0.2, 0) is 6.18 Å². The summed E-state index contributed by atoms with van der Waals surface area (Å²) < 4.78 is 63.9. The first-order chi connectivity index (χ1) is 14.6. The Labute approximate surface area is 177 Å². The summed E-state index contributed by atoms with van der Waals surface area (Å²) >= 11 is 5.76. The maximum absolute atomic E-state index is 13.4. The Morgan fingerprint density at radius 2 is 1.81 bits per heavy atom. The molecule has 0 aliphatic heterocycles. The first-order valence-corrected chi connectivity index (χ1v) is 8.88. The molecule has 0 atom stereocenters. The van der Waals surface area contributed by atoms with Gasteiger partial charge in [-0.05, 0) is 30.3 Å². The highest BCUT2D eigenvalue weighted by Gasteiger charge is 2.35. The van der Waals surface area contributed by atoms with Crippen molar-refractivity contribution >= 4 is 23.2 Å². The zero-order valence-corrected chi connectivity index (χ0v) is 16.4. The zero-order chi connectivity index (χ0) is 22.8. The van der Waals surface area contributed by atoms with Gasteiger partial charge in [-0.15, -0.1) is 0 Å². The number of hydrogen-bond donors (Lipinski definition) is 2. The Balaban J connectivity index is 2.08. The van der Waals surface area contributed by atoms with Crippen LogP contribution in [-0.4, -0.2) is 18.0 Å². The summed E-state index contributed by atoms with van der Waals surface area (Å²) in [6, 6.07) is 6.90. The van der Waals surface area contributed by atoms with Crippen LogP contribution >= 0.6 is 11.6 Å². The highest BCUT2D eigenvalue weighted by Crippen LogP contribution is 2.41. The zero-order valence-electron chi connectivity index (χ0n) is 15.6. The summed E-state index contributed by atoms with van der Waals surface area (Å²) in [5.41, 5.74) is -2.01. The van der Waals surface area contributed by atoms with Gasteiger partial charge < -0.3 is 19.8 Å². The lowest BCUT2D eigenvalue weighted by Crippen LogP contribution is -2.16. The second-order valence-corrected chi connectivity index (χ2v) is 6.53. The SMILES string of the molecule is COc1cc(F)ccc1Oc1cc(C(F)(F)F)c(Cl)cc1C(=O)Nc1cc[nH]c(=O)c1. The van der Waals surface area contributed by atoms with E-state index in [0.717, 1.165) is 30.3 Å². The summed E-state index contributed by atoms with van der Waals surface area (Å²) in [5, 5.41) is 1.64. The van der Waals surface area contributed by atoms with Crippen molar-refractivity contribution in [1.29, 1.82) is 0 Å². The summed E-state index contributed by atoms with van der Waals surface area (Å²) in [6.07, 6.45) is -3.55. The number of pyridine rings is 1. The number of aromatic nitrogens is 1. The van der Waals surface area contributed by atoms with Gasteiger partial charge in [-0.3, -0.25) is 9.59 Å². The Morgan fingerprint density at radius 1 is 1.06 bits per heavy atom. The van der Waals surface area contributed by atoms with Gasteiger partial charge in [0.15, 0.2) is 11.5 Å². The molecule has 162 valence electrons. The van der Waals surface area contributed by atoms with Crippen molar-refractivity contribution in [2.24, 2.45) is 0 Å². The molecule has 0 fully saturated rings. The number of ether oxygens (including phenoxy) is 2. The quantitative estimate of drug-likeness (QED) is 0.515. The molecule has 0 saturated heterocycles.